The summed E-state index contributed by atoms with van der Waals surface area (Å²) in [7, 11) is 1.56. The standard InChI is InChI=1S/C26H27NO5/c1-17-8-10-19(11-9-17)31-13-12-27-18(2)24(26(29)32-15-14-30-3)22-16-23(28)20-6-4-5-7-21(20)25(22)27/h4-11,16,28H,12-15H2,1-3H3. The molecule has 0 aliphatic rings. The monoisotopic (exact) mass is 433 g/mol. The van der Waals surface area contributed by atoms with Crippen LogP contribution in [-0.4, -0.2) is 42.6 Å². The summed E-state index contributed by atoms with van der Waals surface area (Å²) in [6.45, 7) is 5.38. The number of hydrogen-bond donors (Lipinski definition) is 1. The van der Waals surface area contributed by atoms with E-state index in [1.807, 2.05) is 62.4 Å². The molecule has 6 nitrogen and oxygen atoms in total. The van der Waals surface area contributed by atoms with Crippen LogP contribution in [0.3, 0.4) is 0 Å². The predicted octanol–water partition coefficient (Wildman–Crippen LogP) is 5.00. The summed E-state index contributed by atoms with van der Waals surface area (Å²) in [5, 5.41) is 12.9. The zero-order valence-corrected chi connectivity index (χ0v) is 18.6. The molecule has 0 fully saturated rings. The van der Waals surface area contributed by atoms with E-state index >= 15 is 0 Å². The molecule has 1 aromatic heterocycles. The highest BCUT2D eigenvalue weighted by molar-refractivity contribution is 6.16. The van der Waals surface area contributed by atoms with Crippen LogP contribution < -0.4 is 4.74 Å². The lowest BCUT2D eigenvalue weighted by atomic mass is 10.0. The molecule has 0 spiro atoms. The van der Waals surface area contributed by atoms with Gasteiger partial charge in [0.05, 0.1) is 24.2 Å². The lowest BCUT2D eigenvalue weighted by molar-refractivity contribution is 0.0389. The first-order chi connectivity index (χ1) is 15.5. The van der Waals surface area contributed by atoms with Crippen molar-refractivity contribution in [2.24, 2.45) is 0 Å². The Morgan fingerprint density at radius 3 is 2.38 bits per heavy atom. The number of carbonyl (C=O) groups is 1. The Kier molecular flexibility index (Phi) is 6.32. The SMILES string of the molecule is COCCOC(=O)c1c(C)n(CCOc2ccc(C)cc2)c2c1cc(O)c1ccccc12. The highest BCUT2D eigenvalue weighted by Gasteiger charge is 2.24. The number of nitrogens with zero attached hydrogens (tertiary/aromatic N) is 1. The second kappa shape index (κ2) is 9.32. The molecule has 166 valence electrons. The van der Waals surface area contributed by atoms with Gasteiger partial charge in [0.2, 0.25) is 0 Å². The van der Waals surface area contributed by atoms with Crippen LogP contribution in [0.5, 0.6) is 11.5 Å². The van der Waals surface area contributed by atoms with Crippen molar-refractivity contribution >= 4 is 27.6 Å². The molecule has 1 heterocycles. The lowest BCUT2D eigenvalue weighted by Crippen LogP contribution is -2.13. The zero-order chi connectivity index (χ0) is 22.7. The third-order valence-electron chi connectivity index (χ3n) is 5.63. The van der Waals surface area contributed by atoms with E-state index < -0.39 is 5.97 Å². The maximum Gasteiger partial charge on any atom is 0.340 e. The second-order valence-corrected chi connectivity index (χ2v) is 7.74. The van der Waals surface area contributed by atoms with Gasteiger partial charge in [0.1, 0.15) is 24.7 Å². The van der Waals surface area contributed by atoms with Crippen molar-refractivity contribution in [3.8, 4) is 11.5 Å². The molecule has 0 saturated heterocycles. The maximum atomic E-state index is 12.9. The van der Waals surface area contributed by atoms with Crippen molar-refractivity contribution in [1.29, 1.82) is 0 Å². The number of methoxy groups -OCH3 is 1. The van der Waals surface area contributed by atoms with Gasteiger partial charge in [-0.25, -0.2) is 4.79 Å². The summed E-state index contributed by atoms with van der Waals surface area (Å²) >= 11 is 0. The van der Waals surface area contributed by atoms with E-state index in [0.29, 0.717) is 30.7 Å². The number of hydrogen-bond acceptors (Lipinski definition) is 5. The number of rotatable bonds is 8. The topological polar surface area (TPSA) is 69.9 Å². The molecule has 0 atom stereocenters. The zero-order valence-electron chi connectivity index (χ0n) is 18.6. The van der Waals surface area contributed by atoms with Crippen molar-refractivity contribution < 1.29 is 24.1 Å². The van der Waals surface area contributed by atoms with E-state index in [9.17, 15) is 9.90 Å². The van der Waals surface area contributed by atoms with Crippen molar-refractivity contribution in [3.05, 3.63) is 71.4 Å². The number of carbonyl (C=O) groups excluding carboxylic acids is 1. The molecule has 4 rings (SSSR count). The highest BCUT2D eigenvalue weighted by Crippen LogP contribution is 2.37. The third kappa shape index (κ3) is 4.14. The van der Waals surface area contributed by atoms with Crippen LogP contribution in [0.25, 0.3) is 21.7 Å². The van der Waals surface area contributed by atoms with Gasteiger partial charge < -0.3 is 23.9 Å². The number of aromatic nitrogens is 1. The largest absolute Gasteiger partial charge is 0.507 e. The summed E-state index contributed by atoms with van der Waals surface area (Å²) in [5.41, 5.74) is 3.27. The van der Waals surface area contributed by atoms with E-state index in [-0.39, 0.29) is 12.4 Å². The van der Waals surface area contributed by atoms with Gasteiger partial charge in [-0.2, -0.15) is 0 Å². The number of ether oxygens (including phenoxy) is 3. The smallest absolute Gasteiger partial charge is 0.340 e. The first-order valence-corrected chi connectivity index (χ1v) is 10.6. The minimum atomic E-state index is -0.433. The fourth-order valence-corrected chi connectivity index (χ4v) is 4.04. The molecule has 0 unspecified atom stereocenters. The summed E-state index contributed by atoms with van der Waals surface area (Å²) in [5.74, 6) is 0.496. The first kappa shape index (κ1) is 21.7. The minimum Gasteiger partial charge on any atom is -0.507 e. The molecule has 0 aliphatic heterocycles. The first-order valence-electron chi connectivity index (χ1n) is 10.6. The van der Waals surface area contributed by atoms with Crippen LogP contribution in [0.1, 0.15) is 21.6 Å². The molecular weight excluding hydrogens is 406 g/mol. The fourth-order valence-electron chi connectivity index (χ4n) is 4.04. The van der Waals surface area contributed by atoms with Crippen LogP contribution in [0, 0.1) is 13.8 Å². The van der Waals surface area contributed by atoms with Crippen molar-refractivity contribution in [2.45, 2.75) is 20.4 Å². The normalized spacial score (nSPS) is 11.2. The number of aryl methyl sites for hydroxylation is 1. The number of aromatic hydroxyl groups is 1. The Hall–Kier alpha value is -3.51. The van der Waals surface area contributed by atoms with Crippen LogP contribution in [-0.2, 0) is 16.0 Å². The van der Waals surface area contributed by atoms with Gasteiger partial charge in [0.25, 0.3) is 0 Å². The Morgan fingerprint density at radius 2 is 1.66 bits per heavy atom. The third-order valence-corrected chi connectivity index (χ3v) is 5.63. The van der Waals surface area contributed by atoms with E-state index in [4.69, 9.17) is 14.2 Å². The molecule has 6 heteroatoms. The Morgan fingerprint density at radius 1 is 0.938 bits per heavy atom. The van der Waals surface area contributed by atoms with Crippen LogP contribution in [0.15, 0.2) is 54.6 Å². The average Bonchev–Trinajstić information content (AvgIpc) is 3.06. The van der Waals surface area contributed by atoms with E-state index in [1.165, 1.54) is 5.56 Å². The van der Waals surface area contributed by atoms with Gasteiger partial charge in [0.15, 0.2) is 0 Å². The number of phenols is 1. The van der Waals surface area contributed by atoms with Crippen LogP contribution in [0.2, 0.25) is 0 Å². The van der Waals surface area contributed by atoms with Gasteiger partial charge in [-0.3, -0.25) is 0 Å². The summed E-state index contributed by atoms with van der Waals surface area (Å²) in [6, 6.07) is 17.2. The van der Waals surface area contributed by atoms with E-state index in [0.717, 1.165) is 27.7 Å². The minimum absolute atomic E-state index is 0.132. The summed E-state index contributed by atoms with van der Waals surface area (Å²) in [6.07, 6.45) is 0. The Bertz CT molecular complexity index is 1260. The Labute approximate surface area is 186 Å². The number of fused-ring (bicyclic) bond motifs is 3. The quantitative estimate of drug-likeness (QED) is 0.313. The molecule has 1 N–H and O–H groups in total. The summed E-state index contributed by atoms with van der Waals surface area (Å²) in [4.78, 5) is 12.9. The number of phenolic OH excluding ortho intramolecular Hbond substituents is 1. The molecule has 32 heavy (non-hydrogen) atoms. The van der Waals surface area contributed by atoms with E-state index in [1.54, 1.807) is 13.2 Å². The number of esters is 1. The van der Waals surface area contributed by atoms with Crippen LogP contribution >= 0.6 is 0 Å². The van der Waals surface area contributed by atoms with E-state index in [2.05, 4.69) is 4.57 Å². The molecule has 0 amide bonds. The van der Waals surface area contributed by atoms with Gasteiger partial charge in [-0.1, -0.05) is 42.0 Å². The molecule has 0 aliphatic carbocycles. The van der Waals surface area contributed by atoms with Gasteiger partial charge in [0, 0.05) is 29.0 Å². The number of benzene rings is 3. The van der Waals surface area contributed by atoms with Crippen LogP contribution in [0.4, 0.5) is 0 Å². The Balaban J connectivity index is 1.76. The molecule has 0 saturated carbocycles. The van der Waals surface area contributed by atoms with Crippen molar-refractivity contribution in [1.82, 2.24) is 4.57 Å². The second-order valence-electron chi connectivity index (χ2n) is 7.74. The molecular formula is C26H27NO5. The maximum absolute atomic E-state index is 12.9. The van der Waals surface area contributed by atoms with Gasteiger partial charge >= 0.3 is 5.97 Å². The average molecular weight is 434 g/mol. The van der Waals surface area contributed by atoms with Gasteiger partial charge in [-0.05, 0) is 32.0 Å². The van der Waals surface area contributed by atoms with Crippen molar-refractivity contribution in [3.63, 3.8) is 0 Å². The lowest BCUT2D eigenvalue weighted by Gasteiger charge is -2.12. The molecule has 4 aromatic rings. The summed E-state index contributed by atoms with van der Waals surface area (Å²) < 4.78 is 18.4. The predicted molar refractivity (Wildman–Crippen MR) is 125 cm³/mol. The van der Waals surface area contributed by atoms with Crippen molar-refractivity contribution in [2.75, 3.05) is 26.9 Å². The van der Waals surface area contributed by atoms with Gasteiger partial charge in [-0.15, -0.1) is 0 Å². The fraction of sp³-hybridized carbons (Fsp3) is 0.269. The molecule has 3 aromatic carbocycles. The highest BCUT2D eigenvalue weighted by atomic mass is 16.6. The molecule has 0 bridgehead atoms. The molecule has 0 radical (unpaired) electrons.